The monoisotopic (exact) mass is 944 g/mol. The second-order valence-corrected chi connectivity index (χ2v) is 24.9. The molecule has 7 nitrogen and oxygen atoms in total. The largest absolute Gasteiger partial charge is 0.519 e. The van der Waals surface area contributed by atoms with Gasteiger partial charge in [-0.05, 0) is 165 Å². The van der Waals surface area contributed by atoms with Gasteiger partial charge in [-0.3, -0.25) is 9.59 Å². The number of ether oxygens (including phenoxy) is 3. The first-order chi connectivity index (χ1) is 26.3. The quantitative estimate of drug-likeness (QED) is 0.0712. The molecule has 0 spiro atoms. The number of aryl methyl sites for hydroxylation is 1. The van der Waals surface area contributed by atoms with Crippen LogP contribution in [0.2, 0.25) is 18.1 Å². The van der Waals surface area contributed by atoms with Crippen LogP contribution in [0, 0.1) is 12.3 Å². The first-order valence-electron chi connectivity index (χ1n) is 19.3. The highest BCUT2D eigenvalue weighted by Gasteiger charge is 2.40. The molecule has 0 aliphatic rings. The first kappa shape index (κ1) is 54.4. The molecule has 0 saturated heterocycles. The van der Waals surface area contributed by atoms with Crippen molar-refractivity contribution in [2.24, 2.45) is 5.41 Å². The van der Waals surface area contributed by atoms with Gasteiger partial charge in [-0.2, -0.15) is 0 Å². The summed E-state index contributed by atoms with van der Waals surface area (Å²) in [4.78, 5) is 24.2. The Morgan fingerprint density at radius 1 is 0.741 bits per heavy atom. The first-order valence-corrected chi connectivity index (χ1v) is 23.8. The van der Waals surface area contributed by atoms with Gasteiger partial charge in [-0.15, -0.1) is 13.2 Å². The average Bonchev–Trinajstić information content (AvgIpc) is 3.01. The molecule has 1 N–H and O–H groups in total. The highest BCUT2D eigenvalue weighted by Crippen LogP contribution is 2.38. The van der Waals surface area contributed by atoms with Crippen LogP contribution >= 0.6 is 31.9 Å². The molecule has 3 rings (SSSR count). The average molecular weight is 947 g/mol. The van der Waals surface area contributed by atoms with Gasteiger partial charge in [-0.1, -0.05) is 89.0 Å². The summed E-state index contributed by atoms with van der Waals surface area (Å²) >= 11 is 6.62. The summed E-state index contributed by atoms with van der Waals surface area (Å²) in [6.45, 7) is 41.2. The van der Waals surface area contributed by atoms with Gasteiger partial charge in [-0.25, -0.2) is 0 Å². The van der Waals surface area contributed by atoms with Gasteiger partial charge in [0.15, 0.2) is 0 Å². The third-order valence-corrected chi connectivity index (χ3v) is 13.5. The van der Waals surface area contributed by atoms with Crippen LogP contribution in [0.4, 0.5) is 0 Å². The molecular formula is C48H70Br2O7Si. The molecule has 0 aliphatic carbocycles. The molecule has 0 atom stereocenters. The Morgan fingerprint density at radius 3 is 1.69 bits per heavy atom. The molecule has 0 aromatic heterocycles. The van der Waals surface area contributed by atoms with Gasteiger partial charge in [0.05, 0.1) is 11.8 Å². The maximum atomic E-state index is 12.2. The number of hydrogen-bond acceptors (Lipinski definition) is 7. The van der Waals surface area contributed by atoms with Gasteiger partial charge in [0.25, 0.3) is 14.3 Å². The zero-order valence-electron chi connectivity index (χ0n) is 37.8. The number of carbonyl (C=O) groups excluding carboxylic acids is 2. The maximum Gasteiger partial charge on any atom is 0.316 e. The zero-order chi connectivity index (χ0) is 45.3. The Kier molecular flexibility index (Phi) is 22.4. The van der Waals surface area contributed by atoms with E-state index in [0.717, 1.165) is 26.5 Å². The number of rotatable bonds is 10. The number of phenolic OH excluding ortho intramolecular Hbond substituents is 1. The third-order valence-electron chi connectivity index (χ3n) is 8.15. The second-order valence-electron chi connectivity index (χ2n) is 18.3. The van der Waals surface area contributed by atoms with Crippen LogP contribution in [0.3, 0.4) is 0 Å². The van der Waals surface area contributed by atoms with Gasteiger partial charge in [0.1, 0.15) is 22.7 Å². The Bertz CT molecular complexity index is 1790. The Labute approximate surface area is 368 Å². The van der Waals surface area contributed by atoms with E-state index in [0.29, 0.717) is 23.9 Å². The van der Waals surface area contributed by atoms with Gasteiger partial charge < -0.3 is 23.7 Å². The van der Waals surface area contributed by atoms with Crippen LogP contribution in [0.1, 0.15) is 105 Å². The van der Waals surface area contributed by atoms with E-state index < -0.39 is 19.3 Å². The summed E-state index contributed by atoms with van der Waals surface area (Å²) in [5, 5.41) is 8.96. The molecule has 0 amide bonds. The lowest BCUT2D eigenvalue weighted by atomic mass is 9.97. The lowest BCUT2D eigenvalue weighted by Crippen LogP contribution is -2.41. The van der Waals surface area contributed by atoms with E-state index in [1.807, 2.05) is 65.8 Å². The molecule has 0 unspecified atom stereocenters. The molecular weight excluding hydrogens is 876 g/mol. The minimum Gasteiger partial charge on any atom is -0.519 e. The second kappa shape index (κ2) is 23.9. The fourth-order valence-electron chi connectivity index (χ4n) is 4.25. The van der Waals surface area contributed by atoms with Crippen molar-refractivity contribution in [1.29, 1.82) is 0 Å². The molecule has 0 bridgehead atoms. The predicted octanol–water partition coefficient (Wildman–Crippen LogP) is 14.2. The molecule has 322 valence electrons. The Morgan fingerprint density at radius 2 is 1.26 bits per heavy atom. The summed E-state index contributed by atoms with van der Waals surface area (Å²) < 4.78 is 24.4. The van der Waals surface area contributed by atoms with Crippen LogP contribution in [0.5, 0.6) is 11.5 Å². The predicted molar refractivity (Wildman–Crippen MR) is 252 cm³/mol. The van der Waals surface area contributed by atoms with Crippen molar-refractivity contribution in [3.63, 3.8) is 0 Å². The molecule has 0 radical (unpaired) electrons. The molecule has 3 aromatic carbocycles. The van der Waals surface area contributed by atoms with E-state index >= 15 is 0 Å². The van der Waals surface area contributed by atoms with Crippen molar-refractivity contribution in [3.8, 4) is 11.5 Å². The number of carbonyl (C=O) groups is 2. The SMILES string of the molecule is C=C(OC(C)(C)C)O[Si](C)(C)C(C)(C)C.C=CCc1ccc(Br)cc1C.C=CCc1ccc(CC(=O)OC(C)(C)C)cc1OC(=O)C(C)(C)C.Oc1cccc(Br)c1. The van der Waals surface area contributed by atoms with Crippen LogP contribution in [0.15, 0.2) is 107 Å². The Hall–Kier alpha value is -3.60. The maximum absolute atomic E-state index is 12.2. The van der Waals surface area contributed by atoms with Crippen molar-refractivity contribution in [2.45, 2.75) is 139 Å². The number of hydrogen-bond donors (Lipinski definition) is 1. The summed E-state index contributed by atoms with van der Waals surface area (Å²) in [7, 11) is -1.79. The standard InChI is InChI=1S/C20H28O4.C12H26O2Si.C10H11Br.C6H5BrO/c1-8-9-15-11-10-14(13-17(21)24-20(5,6)7)12-16(15)23-18(22)19(2,3)4;1-10(13-11(2,3)4)14-15(8,9)12(5,6)7;1-3-4-9-5-6-10(11)7-8(9)2;7-5-2-1-3-6(8)4-5/h8,10-12H,1,9,13H2,2-7H3;1H2,2-9H3;3,5-7H,1,4H2,2H3;1-4,8H. The van der Waals surface area contributed by atoms with E-state index in [4.69, 9.17) is 23.7 Å². The van der Waals surface area contributed by atoms with E-state index in [1.165, 1.54) is 11.1 Å². The smallest absolute Gasteiger partial charge is 0.316 e. The van der Waals surface area contributed by atoms with Crippen molar-refractivity contribution < 1.29 is 33.3 Å². The van der Waals surface area contributed by atoms with E-state index in [9.17, 15) is 9.59 Å². The molecule has 0 aliphatic heterocycles. The number of halogens is 2. The van der Waals surface area contributed by atoms with Crippen LogP contribution in [-0.4, -0.2) is 36.6 Å². The van der Waals surface area contributed by atoms with E-state index in [2.05, 4.69) is 111 Å². The molecule has 0 heterocycles. The highest BCUT2D eigenvalue weighted by atomic mass is 79.9. The van der Waals surface area contributed by atoms with Crippen molar-refractivity contribution in [2.75, 3.05) is 0 Å². The minimum absolute atomic E-state index is 0.131. The summed E-state index contributed by atoms with van der Waals surface area (Å²) in [6.07, 6.45) is 5.35. The number of phenols is 1. The zero-order valence-corrected chi connectivity index (χ0v) is 42.0. The number of esters is 2. The van der Waals surface area contributed by atoms with Crippen molar-refractivity contribution >= 4 is 52.1 Å². The summed E-state index contributed by atoms with van der Waals surface area (Å²) in [5.41, 5.74) is 2.90. The van der Waals surface area contributed by atoms with Crippen LogP contribution in [0.25, 0.3) is 0 Å². The number of benzene rings is 3. The molecule has 10 heteroatoms. The van der Waals surface area contributed by atoms with Crippen molar-refractivity contribution in [3.05, 3.63) is 130 Å². The van der Waals surface area contributed by atoms with Gasteiger partial charge in [0, 0.05) is 8.95 Å². The van der Waals surface area contributed by atoms with Crippen LogP contribution in [-0.2, 0) is 42.8 Å². The van der Waals surface area contributed by atoms with Crippen molar-refractivity contribution in [1.82, 2.24) is 0 Å². The fraction of sp³-hybridized carbons (Fsp3) is 0.458. The summed E-state index contributed by atoms with van der Waals surface area (Å²) in [5.74, 6) is 0.582. The lowest BCUT2D eigenvalue weighted by Gasteiger charge is -2.37. The summed E-state index contributed by atoms with van der Waals surface area (Å²) in [6, 6.07) is 18.6. The lowest BCUT2D eigenvalue weighted by molar-refractivity contribution is -0.153. The van der Waals surface area contributed by atoms with E-state index in [-0.39, 0.29) is 29.0 Å². The molecule has 3 aromatic rings. The Balaban J connectivity index is 0.000000813. The van der Waals surface area contributed by atoms with Gasteiger partial charge in [0.2, 0.25) is 0 Å². The third kappa shape index (κ3) is 23.7. The topological polar surface area (TPSA) is 91.3 Å². The minimum atomic E-state index is -1.79. The molecule has 0 saturated carbocycles. The van der Waals surface area contributed by atoms with E-state index in [1.54, 1.807) is 51.1 Å². The highest BCUT2D eigenvalue weighted by molar-refractivity contribution is 9.10. The number of allylic oxidation sites excluding steroid dienone is 2. The molecule has 0 fully saturated rings. The number of aromatic hydroxyl groups is 1. The van der Waals surface area contributed by atoms with Gasteiger partial charge >= 0.3 is 11.9 Å². The molecule has 58 heavy (non-hydrogen) atoms. The normalized spacial score (nSPS) is 11.5. The van der Waals surface area contributed by atoms with Crippen LogP contribution < -0.4 is 4.74 Å². The fourth-order valence-corrected chi connectivity index (χ4v) is 6.02.